The molecular formula is C25H34BN3O4. The maximum Gasteiger partial charge on any atom is 0.498 e. The van der Waals surface area contributed by atoms with Gasteiger partial charge in [-0.3, -0.25) is 4.68 Å². The summed E-state index contributed by atoms with van der Waals surface area (Å²) in [7, 11) is -0.388. The van der Waals surface area contributed by atoms with Gasteiger partial charge in [-0.25, -0.2) is 4.79 Å². The molecule has 0 spiro atoms. The molecule has 1 aromatic heterocycles. The van der Waals surface area contributed by atoms with Gasteiger partial charge in [0.2, 0.25) is 0 Å². The molecule has 2 aromatic rings. The summed E-state index contributed by atoms with van der Waals surface area (Å²) in [6.45, 7) is 9.42. The molecule has 3 fully saturated rings. The number of aromatic nitrogens is 2. The van der Waals surface area contributed by atoms with E-state index in [4.69, 9.17) is 14.0 Å². The van der Waals surface area contributed by atoms with E-state index in [2.05, 4.69) is 32.8 Å². The van der Waals surface area contributed by atoms with Crippen LogP contribution in [0.15, 0.2) is 42.7 Å². The summed E-state index contributed by atoms with van der Waals surface area (Å²) in [6.07, 6.45) is 7.81. The van der Waals surface area contributed by atoms with Gasteiger partial charge in [0, 0.05) is 36.5 Å². The summed E-state index contributed by atoms with van der Waals surface area (Å²) in [5.41, 5.74) is 1.25. The van der Waals surface area contributed by atoms with Gasteiger partial charge in [-0.2, -0.15) is 5.10 Å². The first-order chi connectivity index (χ1) is 15.7. The zero-order valence-electron chi connectivity index (χ0n) is 20.1. The highest BCUT2D eigenvalue weighted by atomic mass is 16.7. The third kappa shape index (κ3) is 4.43. The zero-order valence-corrected chi connectivity index (χ0v) is 20.1. The molecule has 0 aliphatic carbocycles. The molecule has 3 aliphatic rings. The lowest BCUT2D eigenvalue weighted by molar-refractivity contribution is 0.00578. The Morgan fingerprint density at radius 3 is 2.36 bits per heavy atom. The molecule has 7 nitrogen and oxygen atoms in total. The van der Waals surface area contributed by atoms with Crippen LogP contribution in [-0.4, -0.2) is 51.2 Å². The number of carbonyl (C=O) groups is 1. The Balaban J connectivity index is 1.17. The van der Waals surface area contributed by atoms with Gasteiger partial charge in [-0.1, -0.05) is 30.3 Å². The van der Waals surface area contributed by atoms with Gasteiger partial charge in [0.15, 0.2) is 0 Å². The van der Waals surface area contributed by atoms with Gasteiger partial charge in [-0.15, -0.1) is 0 Å². The Kier molecular flexibility index (Phi) is 5.77. The molecule has 0 radical (unpaired) electrons. The first-order valence-electron chi connectivity index (χ1n) is 12.1. The van der Waals surface area contributed by atoms with Gasteiger partial charge in [0.1, 0.15) is 6.61 Å². The molecule has 4 heterocycles. The lowest BCUT2D eigenvalue weighted by Crippen LogP contribution is -2.47. The maximum absolute atomic E-state index is 12.8. The number of piperidine rings is 1. The molecule has 0 N–H and O–H groups in total. The minimum Gasteiger partial charge on any atom is -0.445 e. The minimum absolute atomic E-state index is 0.174. The number of benzene rings is 1. The van der Waals surface area contributed by atoms with Crippen LogP contribution in [0.1, 0.15) is 58.9 Å². The molecule has 3 aliphatic heterocycles. The number of nitrogens with zero attached hydrogens (tertiary/aromatic N) is 3. The van der Waals surface area contributed by atoms with Crippen LogP contribution in [0.5, 0.6) is 0 Å². The number of ether oxygens (including phenoxy) is 1. The van der Waals surface area contributed by atoms with Gasteiger partial charge in [0.25, 0.3) is 0 Å². The van der Waals surface area contributed by atoms with E-state index in [1.165, 1.54) is 0 Å². The average molecular weight is 451 g/mol. The fraction of sp³-hybridized carbons (Fsp3) is 0.600. The largest absolute Gasteiger partial charge is 0.498 e. The molecule has 1 amide bonds. The second-order valence-electron chi connectivity index (χ2n) is 10.8. The van der Waals surface area contributed by atoms with E-state index in [1.54, 1.807) is 0 Å². The predicted octanol–water partition coefficient (Wildman–Crippen LogP) is 3.76. The third-order valence-electron chi connectivity index (χ3n) is 7.87. The van der Waals surface area contributed by atoms with Gasteiger partial charge in [-0.05, 0) is 64.9 Å². The Labute approximate surface area is 196 Å². The smallest absolute Gasteiger partial charge is 0.445 e. The molecule has 2 unspecified atom stereocenters. The molecule has 1 aromatic carbocycles. The Morgan fingerprint density at radius 1 is 1.09 bits per heavy atom. The van der Waals surface area contributed by atoms with Crippen LogP contribution in [0, 0.1) is 5.92 Å². The van der Waals surface area contributed by atoms with Crippen molar-refractivity contribution in [1.29, 1.82) is 0 Å². The van der Waals surface area contributed by atoms with Crippen LogP contribution >= 0.6 is 0 Å². The summed E-state index contributed by atoms with van der Waals surface area (Å²) < 4.78 is 20.0. The van der Waals surface area contributed by atoms with Crippen molar-refractivity contribution in [2.45, 2.75) is 89.8 Å². The summed E-state index contributed by atoms with van der Waals surface area (Å²) in [6, 6.07) is 10.4. The van der Waals surface area contributed by atoms with E-state index < -0.39 is 0 Å². The first kappa shape index (κ1) is 22.5. The fourth-order valence-electron chi connectivity index (χ4n) is 5.38. The normalized spacial score (nSPS) is 27.7. The van der Waals surface area contributed by atoms with Crippen molar-refractivity contribution in [1.82, 2.24) is 14.7 Å². The lowest BCUT2D eigenvalue weighted by Gasteiger charge is -2.38. The lowest BCUT2D eigenvalue weighted by atomic mass is 9.82. The average Bonchev–Trinajstić information content (AvgIpc) is 3.40. The number of amides is 1. The van der Waals surface area contributed by atoms with E-state index in [-0.39, 0.29) is 36.5 Å². The SMILES string of the molecule is CC1(C)OB(c2cnn(CC3CC4CCC(C3)N4C(=O)OCc3ccccc3)c2)OC1(C)C. The van der Waals surface area contributed by atoms with E-state index >= 15 is 0 Å². The Bertz CT molecular complexity index is 963. The van der Waals surface area contributed by atoms with Crippen LogP contribution < -0.4 is 5.46 Å². The second-order valence-corrected chi connectivity index (χ2v) is 10.8. The Hall–Kier alpha value is -2.32. The second kappa shape index (κ2) is 8.47. The summed E-state index contributed by atoms with van der Waals surface area (Å²) >= 11 is 0. The minimum atomic E-state index is -0.388. The highest BCUT2D eigenvalue weighted by Gasteiger charge is 2.52. The predicted molar refractivity (Wildman–Crippen MR) is 126 cm³/mol. The maximum atomic E-state index is 12.8. The molecule has 8 heteroatoms. The third-order valence-corrected chi connectivity index (χ3v) is 7.87. The number of rotatable bonds is 5. The fourth-order valence-corrected chi connectivity index (χ4v) is 5.38. The standard InChI is InChI=1S/C25H34BN3O4/c1-24(2)25(3,4)33-26(32-24)20-14-27-28(16-20)15-19-12-21-10-11-22(13-19)29(21)23(30)31-17-18-8-6-5-7-9-18/h5-9,14,16,19,21-22H,10-13,15,17H2,1-4H3. The van der Waals surface area contributed by atoms with Crippen LogP contribution in [0.2, 0.25) is 0 Å². The van der Waals surface area contributed by atoms with E-state index in [0.29, 0.717) is 12.5 Å². The quantitative estimate of drug-likeness (QED) is 0.648. The summed E-state index contributed by atoms with van der Waals surface area (Å²) in [5.74, 6) is 0.492. The van der Waals surface area contributed by atoms with E-state index in [1.807, 2.05) is 52.3 Å². The van der Waals surface area contributed by atoms with Gasteiger partial charge < -0.3 is 18.9 Å². The van der Waals surface area contributed by atoms with Crippen molar-refractivity contribution in [3.05, 3.63) is 48.3 Å². The molecular weight excluding hydrogens is 417 g/mol. The summed E-state index contributed by atoms with van der Waals surface area (Å²) in [5, 5.41) is 4.59. The number of hydrogen-bond donors (Lipinski definition) is 0. The van der Waals surface area contributed by atoms with Crippen molar-refractivity contribution < 1.29 is 18.8 Å². The molecule has 176 valence electrons. The highest BCUT2D eigenvalue weighted by Crippen LogP contribution is 2.40. The van der Waals surface area contributed by atoms with Crippen molar-refractivity contribution in [3.63, 3.8) is 0 Å². The molecule has 33 heavy (non-hydrogen) atoms. The number of hydrogen-bond acceptors (Lipinski definition) is 5. The van der Waals surface area contributed by atoms with E-state index in [0.717, 1.165) is 43.3 Å². The van der Waals surface area contributed by atoms with Crippen molar-refractivity contribution in [2.24, 2.45) is 5.92 Å². The first-order valence-corrected chi connectivity index (χ1v) is 12.1. The van der Waals surface area contributed by atoms with Crippen LogP contribution in [0.4, 0.5) is 4.79 Å². The molecule has 2 atom stereocenters. The number of carbonyl (C=O) groups excluding carboxylic acids is 1. The van der Waals surface area contributed by atoms with Crippen molar-refractivity contribution >= 4 is 18.7 Å². The van der Waals surface area contributed by atoms with Crippen molar-refractivity contribution in [3.8, 4) is 0 Å². The zero-order chi connectivity index (χ0) is 23.2. The Morgan fingerprint density at radius 2 is 1.73 bits per heavy atom. The van der Waals surface area contributed by atoms with Crippen LogP contribution in [0.3, 0.4) is 0 Å². The van der Waals surface area contributed by atoms with Crippen LogP contribution in [0.25, 0.3) is 0 Å². The van der Waals surface area contributed by atoms with E-state index in [9.17, 15) is 4.79 Å². The topological polar surface area (TPSA) is 65.8 Å². The monoisotopic (exact) mass is 451 g/mol. The van der Waals surface area contributed by atoms with Gasteiger partial charge >= 0.3 is 13.2 Å². The highest BCUT2D eigenvalue weighted by molar-refractivity contribution is 6.62. The van der Waals surface area contributed by atoms with Gasteiger partial charge in [0.05, 0.1) is 11.2 Å². The molecule has 2 bridgehead atoms. The molecule has 3 saturated heterocycles. The molecule has 0 saturated carbocycles. The van der Waals surface area contributed by atoms with Crippen molar-refractivity contribution in [2.75, 3.05) is 0 Å². The molecule has 5 rings (SSSR count). The van der Waals surface area contributed by atoms with Crippen LogP contribution in [-0.2, 0) is 27.2 Å². The summed E-state index contributed by atoms with van der Waals surface area (Å²) in [4.78, 5) is 14.8. The number of fused-ring (bicyclic) bond motifs is 2.